The molecule has 25 heavy (non-hydrogen) atoms. The number of ether oxygens (including phenoxy) is 1. The Morgan fingerprint density at radius 1 is 1.36 bits per heavy atom. The highest BCUT2D eigenvalue weighted by Gasteiger charge is 2.18. The Morgan fingerprint density at radius 3 is 2.76 bits per heavy atom. The number of hydrogen-bond acceptors (Lipinski definition) is 5. The van der Waals surface area contributed by atoms with Crippen LogP contribution in [-0.2, 0) is 6.42 Å². The fraction of sp³-hybridized carbons (Fsp3) is 0.158. The molecule has 0 aliphatic carbocycles. The van der Waals surface area contributed by atoms with E-state index < -0.39 is 0 Å². The van der Waals surface area contributed by atoms with E-state index in [1.54, 1.807) is 22.9 Å². The molecule has 2 heterocycles. The van der Waals surface area contributed by atoms with E-state index in [2.05, 4.69) is 23.1 Å². The molecule has 0 aliphatic heterocycles. The van der Waals surface area contributed by atoms with Crippen LogP contribution in [0, 0.1) is 11.3 Å². The fourth-order valence-corrected chi connectivity index (χ4v) is 2.75. The average Bonchev–Trinajstić information content (AvgIpc) is 3.09. The lowest BCUT2D eigenvalue weighted by Gasteiger charge is -2.17. The lowest BCUT2D eigenvalue weighted by molar-refractivity contribution is 0.340. The Kier molecular flexibility index (Phi) is 4.57. The molecule has 2 aromatic heterocycles. The van der Waals surface area contributed by atoms with Crippen molar-refractivity contribution in [3.8, 4) is 11.8 Å². The number of nitrogens with two attached hydrogens (primary N) is 1. The fourth-order valence-electron chi connectivity index (χ4n) is 2.75. The standard InChI is InChI=1S/C19H19N5O/c1-3-5-15-18(21)16(12-20)17-10-11-22-24(17)19(15)23-13-6-8-14(9-7-13)25-4-2/h3,6-11,23H,1,4-5,21H2,2H3. The lowest BCUT2D eigenvalue weighted by Crippen LogP contribution is -2.09. The first-order valence-electron chi connectivity index (χ1n) is 7.98. The Bertz CT molecular complexity index is 951. The van der Waals surface area contributed by atoms with Crippen LogP contribution in [-0.4, -0.2) is 16.2 Å². The minimum absolute atomic E-state index is 0.423. The molecule has 3 aromatic rings. The zero-order valence-electron chi connectivity index (χ0n) is 14.0. The first-order valence-corrected chi connectivity index (χ1v) is 7.98. The number of benzene rings is 1. The van der Waals surface area contributed by atoms with Crippen molar-refractivity contribution in [2.24, 2.45) is 0 Å². The summed E-state index contributed by atoms with van der Waals surface area (Å²) < 4.78 is 7.16. The molecular formula is C19H19N5O. The quantitative estimate of drug-likeness (QED) is 0.672. The number of aromatic nitrogens is 2. The van der Waals surface area contributed by atoms with Crippen LogP contribution in [0.15, 0.2) is 49.2 Å². The van der Waals surface area contributed by atoms with Crippen molar-refractivity contribution >= 4 is 22.7 Å². The second-order valence-corrected chi connectivity index (χ2v) is 5.43. The molecule has 6 heteroatoms. The molecule has 0 aliphatic rings. The number of nitrogens with zero attached hydrogens (tertiary/aromatic N) is 3. The van der Waals surface area contributed by atoms with Gasteiger partial charge in [-0.15, -0.1) is 6.58 Å². The number of nitrogen functional groups attached to an aromatic ring is 1. The summed E-state index contributed by atoms with van der Waals surface area (Å²) in [5.74, 6) is 1.53. The normalized spacial score (nSPS) is 10.4. The van der Waals surface area contributed by atoms with Gasteiger partial charge in [0.05, 0.1) is 24.0 Å². The number of fused-ring (bicyclic) bond motifs is 1. The molecule has 3 rings (SSSR count). The van der Waals surface area contributed by atoms with Crippen LogP contribution in [0.3, 0.4) is 0 Å². The summed E-state index contributed by atoms with van der Waals surface area (Å²) >= 11 is 0. The summed E-state index contributed by atoms with van der Waals surface area (Å²) in [6.07, 6.45) is 3.93. The van der Waals surface area contributed by atoms with Crippen molar-refractivity contribution in [1.82, 2.24) is 9.61 Å². The van der Waals surface area contributed by atoms with Gasteiger partial charge in [-0.25, -0.2) is 4.52 Å². The van der Waals surface area contributed by atoms with Crippen LogP contribution in [0.5, 0.6) is 5.75 Å². The van der Waals surface area contributed by atoms with Crippen molar-refractivity contribution in [3.63, 3.8) is 0 Å². The lowest BCUT2D eigenvalue weighted by atomic mass is 10.1. The third kappa shape index (κ3) is 3.00. The minimum atomic E-state index is 0.423. The van der Waals surface area contributed by atoms with Crippen LogP contribution in [0.25, 0.3) is 5.52 Å². The molecule has 0 bridgehead atoms. The summed E-state index contributed by atoms with van der Waals surface area (Å²) in [4.78, 5) is 0. The van der Waals surface area contributed by atoms with Crippen molar-refractivity contribution < 1.29 is 4.74 Å². The van der Waals surface area contributed by atoms with Crippen LogP contribution in [0.2, 0.25) is 0 Å². The third-order valence-corrected chi connectivity index (χ3v) is 3.88. The number of rotatable bonds is 6. The second-order valence-electron chi connectivity index (χ2n) is 5.43. The van der Waals surface area contributed by atoms with E-state index in [0.717, 1.165) is 22.8 Å². The first-order chi connectivity index (χ1) is 12.2. The number of pyridine rings is 1. The van der Waals surface area contributed by atoms with Crippen molar-refractivity contribution in [2.75, 3.05) is 17.7 Å². The molecule has 1 aromatic carbocycles. The maximum Gasteiger partial charge on any atom is 0.138 e. The van der Waals surface area contributed by atoms with Gasteiger partial charge in [0.2, 0.25) is 0 Å². The molecule has 3 N–H and O–H groups in total. The van der Waals surface area contributed by atoms with E-state index in [4.69, 9.17) is 10.5 Å². The van der Waals surface area contributed by atoms with Crippen LogP contribution >= 0.6 is 0 Å². The predicted octanol–water partition coefficient (Wildman–Crippen LogP) is 3.66. The molecule has 0 saturated heterocycles. The van der Waals surface area contributed by atoms with Crippen molar-refractivity contribution in [2.45, 2.75) is 13.3 Å². The summed E-state index contributed by atoms with van der Waals surface area (Å²) in [5, 5.41) is 17.2. The highest BCUT2D eigenvalue weighted by Crippen LogP contribution is 2.32. The highest BCUT2D eigenvalue weighted by molar-refractivity contribution is 5.81. The molecule has 6 nitrogen and oxygen atoms in total. The third-order valence-electron chi connectivity index (χ3n) is 3.88. The van der Waals surface area contributed by atoms with Gasteiger partial charge in [0.15, 0.2) is 0 Å². The van der Waals surface area contributed by atoms with E-state index in [1.165, 1.54) is 0 Å². The van der Waals surface area contributed by atoms with Crippen LogP contribution < -0.4 is 15.8 Å². The molecule has 0 unspecified atom stereocenters. The largest absolute Gasteiger partial charge is 0.494 e. The van der Waals surface area contributed by atoms with Gasteiger partial charge >= 0.3 is 0 Å². The molecular weight excluding hydrogens is 314 g/mol. The van der Waals surface area contributed by atoms with E-state index in [-0.39, 0.29) is 0 Å². The second kappa shape index (κ2) is 6.97. The molecule has 0 spiro atoms. The number of allylic oxidation sites excluding steroid dienone is 1. The average molecular weight is 333 g/mol. The van der Waals surface area contributed by atoms with Gasteiger partial charge in [0.1, 0.15) is 23.2 Å². The molecule has 126 valence electrons. The Hall–Kier alpha value is -3.46. The summed E-state index contributed by atoms with van der Waals surface area (Å²) in [5.41, 5.74) is 9.45. The first kappa shape index (κ1) is 16.4. The molecule has 0 radical (unpaired) electrons. The summed E-state index contributed by atoms with van der Waals surface area (Å²) in [6.45, 7) is 6.36. The number of nitriles is 1. The summed E-state index contributed by atoms with van der Waals surface area (Å²) in [7, 11) is 0. The van der Waals surface area contributed by atoms with E-state index in [0.29, 0.717) is 29.8 Å². The van der Waals surface area contributed by atoms with Gasteiger partial charge in [0, 0.05) is 11.3 Å². The van der Waals surface area contributed by atoms with Gasteiger partial charge in [-0.1, -0.05) is 6.08 Å². The van der Waals surface area contributed by atoms with E-state index in [9.17, 15) is 5.26 Å². The van der Waals surface area contributed by atoms with Gasteiger partial charge in [-0.05, 0) is 43.7 Å². The number of hydrogen-bond donors (Lipinski definition) is 2. The van der Waals surface area contributed by atoms with Crippen molar-refractivity contribution in [1.29, 1.82) is 5.26 Å². The maximum atomic E-state index is 9.46. The SMILES string of the molecule is C=CCc1c(N)c(C#N)c2ccnn2c1Nc1ccc(OCC)cc1. The summed E-state index contributed by atoms with van der Waals surface area (Å²) in [6, 6.07) is 11.6. The Labute approximate surface area is 146 Å². The van der Waals surface area contributed by atoms with Crippen LogP contribution in [0.1, 0.15) is 18.1 Å². The Balaban J connectivity index is 2.11. The van der Waals surface area contributed by atoms with E-state index in [1.807, 2.05) is 31.2 Å². The number of nitrogens with one attached hydrogen (secondary N) is 1. The van der Waals surface area contributed by atoms with E-state index >= 15 is 0 Å². The van der Waals surface area contributed by atoms with Crippen LogP contribution in [0.4, 0.5) is 17.2 Å². The zero-order chi connectivity index (χ0) is 17.8. The predicted molar refractivity (Wildman–Crippen MR) is 99.1 cm³/mol. The maximum absolute atomic E-state index is 9.46. The minimum Gasteiger partial charge on any atom is -0.494 e. The topological polar surface area (TPSA) is 88.4 Å². The molecule has 0 saturated carbocycles. The molecule has 0 amide bonds. The molecule has 0 atom stereocenters. The van der Waals surface area contributed by atoms with Gasteiger partial charge in [-0.3, -0.25) is 0 Å². The molecule has 0 fully saturated rings. The van der Waals surface area contributed by atoms with Gasteiger partial charge in [0.25, 0.3) is 0 Å². The monoisotopic (exact) mass is 333 g/mol. The van der Waals surface area contributed by atoms with Crippen molar-refractivity contribution in [3.05, 3.63) is 60.3 Å². The number of anilines is 3. The van der Waals surface area contributed by atoms with Gasteiger partial charge < -0.3 is 15.8 Å². The van der Waals surface area contributed by atoms with Gasteiger partial charge in [-0.2, -0.15) is 10.4 Å². The zero-order valence-corrected chi connectivity index (χ0v) is 14.0. The Morgan fingerprint density at radius 2 is 2.12 bits per heavy atom. The highest BCUT2D eigenvalue weighted by atomic mass is 16.5. The smallest absolute Gasteiger partial charge is 0.138 e.